The van der Waals surface area contributed by atoms with E-state index in [-0.39, 0.29) is 0 Å². The first-order valence-corrected chi connectivity index (χ1v) is 7.25. The molecule has 0 aromatic heterocycles. The lowest BCUT2D eigenvalue weighted by molar-refractivity contribution is -0.0104. The molecule has 1 aromatic rings. The summed E-state index contributed by atoms with van der Waals surface area (Å²) in [5.41, 5.74) is 7.82. The van der Waals surface area contributed by atoms with Crippen molar-refractivity contribution < 1.29 is 4.74 Å². The molecule has 0 spiro atoms. The lowest BCUT2D eigenvalue weighted by Crippen LogP contribution is -2.28. The summed E-state index contributed by atoms with van der Waals surface area (Å²) in [7, 11) is 0. The highest BCUT2D eigenvalue weighted by Gasteiger charge is 2.23. The molecule has 2 heteroatoms. The monoisotopic (exact) mass is 247 g/mol. The minimum absolute atomic E-state index is 0.498. The average Bonchev–Trinajstić information content (AvgIpc) is 2.41. The molecule has 0 aliphatic heterocycles. The number of hydrogen-bond acceptors (Lipinski definition) is 2. The van der Waals surface area contributed by atoms with Gasteiger partial charge in [-0.3, -0.25) is 0 Å². The molecule has 0 radical (unpaired) electrons. The molecule has 2 unspecified atom stereocenters. The highest BCUT2D eigenvalue weighted by Crippen LogP contribution is 2.29. The Hall–Kier alpha value is -1.02. The van der Waals surface area contributed by atoms with Crippen LogP contribution in [0, 0.1) is 5.92 Å². The third-order valence-corrected chi connectivity index (χ3v) is 4.07. The molecule has 0 heterocycles. The van der Waals surface area contributed by atoms with E-state index in [9.17, 15) is 0 Å². The highest BCUT2D eigenvalue weighted by molar-refractivity contribution is 5.39. The van der Waals surface area contributed by atoms with E-state index in [0.29, 0.717) is 6.10 Å². The molecule has 1 aliphatic rings. The molecular weight excluding hydrogens is 222 g/mol. The zero-order valence-corrected chi connectivity index (χ0v) is 11.4. The van der Waals surface area contributed by atoms with Crippen molar-refractivity contribution in [2.24, 2.45) is 5.92 Å². The summed E-state index contributed by atoms with van der Waals surface area (Å²) in [6.45, 7) is 3.12. The molecule has 2 atom stereocenters. The smallest absolute Gasteiger partial charge is 0.0603 e. The fraction of sp³-hybridized carbons (Fsp3) is 0.625. The van der Waals surface area contributed by atoms with Crippen LogP contribution >= 0.6 is 0 Å². The topological polar surface area (TPSA) is 35.2 Å². The molecule has 0 amide bonds. The predicted octanol–water partition coefficient (Wildman–Crippen LogP) is 3.80. The largest absolute Gasteiger partial charge is 0.399 e. The zero-order chi connectivity index (χ0) is 12.8. The van der Waals surface area contributed by atoms with Crippen molar-refractivity contribution in [3.8, 4) is 0 Å². The Morgan fingerprint density at radius 1 is 1.17 bits per heavy atom. The summed E-state index contributed by atoms with van der Waals surface area (Å²) in [5, 5.41) is 0. The van der Waals surface area contributed by atoms with Crippen molar-refractivity contribution in [1.29, 1.82) is 0 Å². The maximum atomic E-state index is 6.09. The first kappa shape index (κ1) is 13.4. The van der Waals surface area contributed by atoms with E-state index >= 15 is 0 Å². The Kier molecular flexibility index (Phi) is 5.06. The highest BCUT2D eigenvalue weighted by atomic mass is 16.5. The molecule has 1 aliphatic carbocycles. The standard InChI is InChI=1S/C16H25NO/c1-2-14-5-3-4-6-16(14)18-12-11-13-7-9-15(17)10-8-13/h7-10,14,16H,2-6,11-12,17H2,1H3. The van der Waals surface area contributed by atoms with Gasteiger partial charge in [0.15, 0.2) is 0 Å². The Labute approximate surface area is 111 Å². The van der Waals surface area contributed by atoms with Gasteiger partial charge in [-0.2, -0.15) is 0 Å². The second kappa shape index (κ2) is 6.79. The van der Waals surface area contributed by atoms with Gasteiger partial charge in [0, 0.05) is 5.69 Å². The van der Waals surface area contributed by atoms with E-state index in [1.54, 1.807) is 0 Å². The van der Waals surface area contributed by atoms with E-state index in [0.717, 1.165) is 24.6 Å². The summed E-state index contributed by atoms with van der Waals surface area (Å²) in [5.74, 6) is 0.783. The molecule has 2 N–H and O–H groups in total. The van der Waals surface area contributed by atoms with Crippen LogP contribution in [-0.2, 0) is 11.2 Å². The fourth-order valence-electron chi connectivity index (χ4n) is 2.87. The van der Waals surface area contributed by atoms with Crippen LogP contribution in [-0.4, -0.2) is 12.7 Å². The lowest BCUT2D eigenvalue weighted by atomic mass is 9.85. The van der Waals surface area contributed by atoms with Gasteiger partial charge < -0.3 is 10.5 Å². The number of rotatable bonds is 5. The summed E-state index contributed by atoms with van der Waals surface area (Å²) in [6, 6.07) is 8.11. The van der Waals surface area contributed by atoms with Crippen LogP contribution in [0.4, 0.5) is 5.69 Å². The number of anilines is 1. The maximum Gasteiger partial charge on any atom is 0.0603 e. The van der Waals surface area contributed by atoms with Gasteiger partial charge in [0.2, 0.25) is 0 Å². The Bertz CT molecular complexity index is 347. The van der Waals surface area contributed by atoms with Crippen molar-refractivity contribution in [2.45, 2.75) is 51.6 Å². The van der Waals surface area contributed by atoms with Crippen molar-refractivity contribution in [1.82, 2.24) is 0 Å². The van der Waals surface area contributed by atoms with Crippen LogP contribution in [0.15, 0.2) is 24.3 Å². The van der Waals surface area contributed by atoms with E-state index < -0.39 is 0 Å². The SMILES string of the molecule is CCC1CCCCC1OCCc1ccc(N)cc1. The predicted molar refractivity (Wildman–Crippen MR) is 76.5 cm³/mol. The Morgan fingerprint density at radius 3 is 2.61 bits per heavy atom. The van der Waals surface area contributed by atoms with E-state index in [1.807, 2.05) is 12.1 Å². The van der Waals surface area contributed by atoms with Crippen LogP contribution in [0.25, 0.3) is 0 Å². The number of hydrogen-bond donors (Lipinski definition) is 1. The Balaban J connectivity index is 1.75. The van der Waals surface area contributed by atoms with Crippen molar-refractivity contribution in [3.63, 3.8) is 0 Å². The van der Waals surface area contributed by atoms with E-state index in [1.165, 1.54) is 37.7 Å². The van der Waals surface area contributed by atoms with Crippen molar-refractivity contribution >= 4 is 5.69 Å². The molecule has 1 aromatic carbocycles. The van der Waals surface area contributed by atoms with Gasteiger partial charge in [0.05, 0.1) is 12.7 Å². The average molecular weight is 247 g/mol. The van der Waals surface area contributed by atoms with Gasteiger partial charge in [-0.15, -0.1) is 0 Å². The second-order valence-corrected chi connectivity index (χ2v) is 5.35. The molecule has 0 bridgehead atoms. The van der Waals surface area contributed by atoms with Crippen molar-refractivity contribution in [3.05, 3.63) is 29.8 Å². The minimum atomic E-state index is 0.498. The van der Waals surface area contributed by atoms with Crippen LogP contribution in [0.2, 0.25) is 0 Å². The van der Waals surface area contributed by atoms with E-state index in [2.05, 4.69) is 19.1 Å². The third kappa shape index (κ3) is 3.74. The summed E-state index contributed by atoms with van der Waals surface area (Å²) in [4.78, 5) is 0. The minimum Gasteiger partial charge on any atom is -0.399 e. The lowest BCUT2D eigenvalue weighted by Gasteiger charge is -2.30. The third-order valence-electron chi connectivity index (χ3n) is 4.07. The Morgan fingerprint density at radius 2 is 1.89 bits per heavy atom. The summed E-state index contributed by atoms with van der Waals surface area (Å²) >= 11 is 0. The quantitative estimate of drug-likeness (QED) is 0.803. The molecular formula is C16H25NO. The molecule has 1 fully saturated rings. The van der Waals surface area contributed by atoms with Crippen molar-refractivity contribution in [2.75, 3.05) is 12.3 Å². The first-order valence-electron chi connectivity index (χ1n) is 7.25. The molecule has 1 saturated carbocycles. The van der Waals surface area contributed by atoms with E-state index in [4.69, 9.17) is 10.5 Å². The van der Waals surface area contributed by atoms with Gasteiger partial charge in [0.1, 0.15) is 0 Å². The molecule has 18 heavy (non-hydrogen) atoms. The van der Waals surface area contributed by atoms with Crippen LogP contribution in [0.3, 0.4) is 0 Å². The molecule has 100 valence electrons. The van der Waals surface area contributed by atoms with Crippen LogP contribution < -0.4 is 5.73 Å². The summed E-state index contributed by atoms with van der Waals surface area (Å²) < 4.78 is 6.09. The van der Waals surface area contributed by atoms with Gasteiger partial charge >= 0.3 is 0 Å². The van der Waals surface area contributed by atoms with Crippen LogP contribution in [0.5, 0.6) is 0 Å². The fourth-order valence-corrected chi connectivity index (χ4v) is 2.87. The molecule has 0 saturated heterocycles. The number of nitrogens with two attached hydrogens (primary N) is 1. The second-order valence-electron chi connectivity index (χ2n) is 5.35. The zero-order valence-electron chi connectivity index (χ0n) is 11.4. The van der Waals surface area contributed by atoms with Gasteiger partial charge in [0.25, 0.3) is 0 Å². The van der Waals surface area contributed by atoms with Crippen LogP contribution in [0.1, 0.15) is 44.6 Å². The number of benzene rings is 1. The number of ether oxygens (including phenoxy) is 1. The molecule has 2 nitrogen and oxygen atoms in total. The van der Waals surface area contributed by atoms with Gasteiger partial charge in [-0.1, -0.05) is 38.3 Å². The first-order chi connectivity index (χ1) is 8.79. The normalized spacial score (nSPS) is 24.1. The van der Waals surface area contributed by atoms with Gasteiger partial charge in [-0.25, -0.2) is 0 Å². The molecule has 2 rings (SSSR count). The summed E-state index contributed by atoms with van der Waals surface area (Å²) in [6.07, 6.45) is 8.07. The van der Waals surface area contributed by atoms with Gasteiger partial charge in [-0.05, 0) is 42.9 Å². The number of nitrogen functional groups attached to an aromatic ring is 1. The maximum absolute atomic E-state index is 6.09.